The number of amides is 2. The highest BCUT2D eigenvalue weighted by Crippen LogP contribution is 2.34. The standard InChI is InChI=1S/C23H25N3O2S/c1-14-7-6-10-19(11-14)26-22(28)20(21(27)24-23(26)29)13-17-12-15(2)25(16(17)3)18-8-4-5-9-18/h6-7,10-13,18H,4-5,8-9H2,1-3H3,(H,24,27,29)/b20-13-. The monoisotopic (exact) mass is 407 g/mol. The zero-order chi connectivity index (χ0) is 20.7. The van der Waals surface area contributed by atoms with Gasteiger partial charge in [0.2, 0.25) is 0 Å². The number of aromatic nitrogens is 1. The summed E-state index contributed by atoms with van der Waals surface area (Å²) in [6, 6.07) is 10.1. The highest BCUT2D eigenvalue weighted by Gasteiger charge is 2.35. The third-order valence-electron chi connectivity index (χ3n) is 5.87. The number of hydrogen-bond donors (Lipinski definition) is 1. The molecule has 2 heterocycles. The van der Waals surface area contributed by atoms with Crippen LogP contribution in [-0.4, -0.2) is 21.5 Å². The van der Waals surface area contributed by atoms with Crippen LogP contribution < -0.4 is 10.2 Å². The van der Waals surface area contributed by atoms with E-state index < -0.39 is 11.8 Å². The lowest BCUT2D eigenvalue weighted by molar-refractivity contribution is -0.122. The Balaban J connectivity index is 1.73. The Morgan fingerprint density at radius 3 is 2.52 bits per heavy atom. The summed E-state index contributed by atoms with van der Waals surface area (Å²) in [6.07, 6.45) is 6.57. The SMILES string of the molecule is Cc1cccc(N2C(=O)/C(=C\c3cc(C)n(C4CCCC4)c3C)C(=O)NC2=S)c1. The highest BCUT2D eigenvalue weighted by atomic mass is 32.1. The summed E-state index contributed by atoms with van der Waals surface area (Å²) in [5, 5.41) is 2.78. The maximum absolute atomic E-state index is 13.2. The van der Waals surface area contributed by atoms with Gasteiger partial charge in [-0.25, -0.2) is 0 Å². The van der Waals surface area contributed by atoms with Gasteiger partial charge < -0.3 is 4.57 Å². The van der Waals surface area contributed by atoms with Gasteiger partial charge in [-0.15, -0.1) is 0 Å². The molecular weight excluding hydrogens is 382 g/mol. The quantitative estimate of drug-likeness (QED) is 0.467. The molecule has 150 valence electrons. The van der Waals surface area contributed by atoms with Crippen LogP contribution in [0.5, 0.6) is 0 Å². The second-order valence-corrected chi connectivity index (χ2v) is 8.32. The van der Waals surface area contributed by atoms with E-state index >= 15 is 0 Å². The normalized spacial score (nSPS) is 19.3. The molecule has 4 rings (SSSR count). The average Bonchev–Trinajstić information content (AvgIpc) is 3.26. The number of nitrogens with one attached hydrogen (secondary N) is 1. The number of hydrogen-bond acceptors (Lipinski definition) is 3. The van der Waals surface area contributed by atoms with Gasteiger partial charge >= 0.3 is 0 Å². The lowest BCUT2D eigenvalue weighted by Crippen LogP contribution is -2.54. The summed E-state index contributed by atoms with van der Waals surface area (Å²) in [5.74, 6) is -0.843. The molecule has 2 aliphatic rings. The summed E-state index contributed by atoms with van der Waals surface area (Å²) in [6.45, 7) is 6.10. The van der Waals surface area contributed by atoms with E-state index in [-0.39, 0.29) is 10.7 Å². The molecule has 1 saturated carbocycles. The smallest absolute Gasteiger partial charge is 0.270 e. The van der Waals surface area contributed by atoms with E-state index in [1.54, 1.807) is 6.08 Å². The summed E-state index contributed by atoms with van der Waals surface area (Å²) >= 11 is 5.29. The number of aryl methyl sites for hydroxylation is 2. The Morgan fingerprint density at radius 1 is 1.10 bits per heavy atom. The fourth-order valence-electron chi connectivity index (χ4n) is 4.49. The second-order valence-electron chi connectivity index (χ2n) is 7.93. The molecule has 0 bridgehead atoms. The lowest BCUT2D eigenvalue weighted by Gasteiger charge is -2.29. The molecule has 0 atom stereocenters. The predicted octanol–water partition coefficient (Wildman–Crippen LogP) is 4.36. The van der Waals surface area contributed by atoms with Gasteiger partial charge in [0.15, 0.2) is 5.11 Å². The maximum Gasteiger partial charge on any atom is 0.270 e. The third-order valence-corrected chi connectivity index (χ3v) is 6.16. The molecule has 1 N–H and O–H groups in total. The van der Waals surface area contributed by atoms with Gasteiger partial charge in [-0.2, -0.15) is 0 Å². The molecule has 2 aromatic rings. The van der Waals surface area contributed by atoms with Crippen LogP contribution in [0.2, 0.25) is 0 Å². The zero-order valence-corrected chi connectivity index (χ0v) is 17.8. The van der Waals surface area contributed by atoms with E-state index in [0.717, 1.165) is 22.5 Å². The molecule has 5 nitrogen and oxygen atoms in total. The van der Waals surface area contributed by atoms with Crippen LogP contribution in [-0.2, 0) is 9.59 Å². The van der Waals surface area contributed by atoms with Crippen molar-refractivity contribution in [2.45, 2.75) is 52.5 Å². The minimum absolute atomic E-state index is 0.103. The van der Waals surface area contributed by atoms with Crippen LogP contribution in [0.25, 0.3) is 6.08 Å². The topological polar surface area (TPSA) is 54.3 Å². The van der Waals surface area contributed by atoms with Crippen molar-refractivity contribution < 1.29 is 9.59 Å². The van der Waals surface area contributed by atoms with Crippen LogP contribution >= 0.6 is 12.2 Å². The summed E-state index contributed by atoms with van der Waals surface area (Å²) in [5.41, 5.74) is 4.94. The minimum Gasteiger partial charge on any atom is -0.346 e. The fraction of sp³-hybridized carbons (Fsp3) is 0.348. The van der Waals surface area contributed by atoms with E-state index in [1.807, 2.05) is 31.2 Å². The molecule has 1 aromatic heterocycles. The third kappa shape index (κ3) is 3.53. The van der Waals surface area contributed by atoms with E-state index in [9.17, 15) is 9.59 Å². The van der Waals surface area contributed by atoms with E-state index in [2.05, 4.69) is 29.8 Å². The average molecular weight is 408 g/mol. The van der Waals surface area contributed by atoms with Gasteiger partial charge in [0, 0.05) is 17.4 Å². The van der Waals surface area contributed by atoms with Crippen LogP contribution in [0.3, 0.4) is 0 Å². The molecule has 0 spiro atoms. The molecule has 6 heteroatoms. The van der Waals surface area contributed by atoms with Gasteiger partial charge in [0.1, 0.15) is 5.57 Å². The van der Waals surface area contributed by atoms with Crippen LogP contribution in [0.4, 0.5) is 5.69 Å². The van der Waals surface area contributed by atoms with Gasteiger partial charge in [0.25, 0.3) is 11.8 Å². The highest BCUT2D eigenvalue weighted by molar-refractivity contribution is 7.80. The van der Waals surface area contributed by atoms with E-state index in [1.165, 1.54) is 30.6 Å². The molecular formula is C23H25N3O2S. The van der Waals surface area contributed by atoms with Crippen molar-refractivity contribution in [3.05, 3.63) is 58.4 Å². The van der Waals surface area contributed by atoms with Gasteiger partial charge in [-0.3, -0.25) is 19.8 Å². The zero-order valence-electron chi connectivity index (χ0n) is 17.0. The number of rotatable bonds is 3. The lowest BCUT2D eigenvalue weighted by atomic mass is 10.1. The summed E-state index contributed by atoms with van der Waals surface area (Å²) in [7, 11) is 0. The molecule has 1 aromatic carbocycles. The number of carbonyl (C=O) groups is 2. The number of nitrogens with zero attached hydrogens (tertiary/aromatic N) is 2. The van der Waals surface area contributed by atoms with Crippen LogP contribution in [0.1, 0.15) is 54.2 Å². The summed E-state index contributed by atoms with van der Waals surface area (Å²) in [4.78, 5) is 27.2. The number of thiocarbonyl (C=S) groups is 1. The number of anilines is 1. The first-order valence-electron chi connectivity index (χ1n) is 10.0. The van der Waals surface area contributed by atoms with Crippen molar-refractivity contribution in [1.29, 1.82) is 0 Å². The van der Waals surface area contributed by atoms with Crippen molar-refractivity contribution in [3.8, 4) is 0 Å². The van der Waals surface area contributed by atoms with Gasteiger partial charge in [-0.1, -0.05) is 25.0 Å². The molecule has 1 aliphatic heterocycles. The predicted molar refractivity (Wildman–Crippen MR) is 119 cm³/mol. The maximum atomic E-state index is 13.2. The number of carbonyl (C=O) groups excluding carboxylic acids is 2. The molecule has 1 saturated heterocycles. The Labute approximate surface area is 176 Å². The largest absolute Gasteiger partial charge is 0.346 e. The molecule has 0 radical (unpaired) electrons. The van der Waals surface area contributed by atoms with Crippen LogP contribution in [0.15, 0.2) is 35.9 Å². The van der Waals surface area contributed by atoms with E-state index in [4.69, 9.17) is 12.2 Å². The first-order valence-corrected chi connectivity index (χ1v) is 10.4. The van der Waals surface area contributed by atoms with Crippen molar-refractivity contribution in [2.75, 3.05) is 4.90 Å². The van der Waals surface area contributed by atoms with Gasteiger partial charge in [0.05, 0.1) is 5.69 Å². The molecule has 2 amide bonds. The van der Waals surface area contributed by atoms with Crippen molar-refractivity contribution >= 4 is 40.9 Å². The van der Waals surface area contributed by atoms with Crippen molar-refractivity contribution in [3.63, 3.8) is 0 Å². The molecule has 1 aliphatic carbocycles. The molecule has 29 heavy (non-hydrogen) atoms. The Hall–Kier alpha value is -2.73. The Bertz CT molecular complexity index is 1040. The van der Waals surface area contributed by atoms with Crippen molar-refractivity contribution in [2.24, 2.45) is 0 Å². The van der Waals surface area contributed by atoms with Crippen LogP contribution in [0, 0.1) is 20.8 Å². The molecule has 2 fully saturated rings. The number of benzene rings is 1. The fourth-order valence-corrected chi connectivity index (χ4v) is 4.77. The van der Waals surface area contributed by atoms with Gasteiger partial charge in [-0.05, 0) is 81.2 Å². The molecule has 0 unspecified atom stereocenters. The Morgan fingerprint density at radius 2 is 1.83 bits per heavy atom. The Kier molecular flexibility index (Phi) is 5.13. The van der Waals surface area contributed by atoms with E-state index in [0.29, 0.717) is 11.7 Å². The summed E-state index contributed by atoms with van der Waals surface area (Å²) < 4.78 is 2.35. The first kappa shape index (κ1) is 19.6. The first-order chi connectivity index (χ1) is 13.9. The minimum atomic E-state index is -0.449. The van der Waals surface area contributed by atoms with Crippen molar-refractivity contribution in [1.82, 2.24) is 9.88 Å². The second kappa shape index (κ2) is 7.59.